The standard InChI is InChI=1S/C14H19Cl/c1-3-14(15)13-9-8-10(2)11-6-4-5-7-12(11)13/h4-7,10,13-14H,3,8-9H2,1-2H3. The van der Waals surface area contributed by atoms with E-state index in [0.717, 1.165) is 6.42 Å². The summed E-state index contributed by atoms with van der Waals surface area (Å²) in [5.74, 6) is 1.28. The van der Waals surface area contributed by atoms with E-state index in [4.69, 9.17) is 11.6 Å². The van der Waals surface area contributed by atoms with Gasteiger partial charge in [-0.15, -0.1) is 11.6 Å². The fraction of sp³-hybridized carbons (Fsp3) is 0.571. The summed E-state index contributed by atoms with van der Waals surface area (Å²) in [6, 6.07) is 8.82. The third-order valence-corrected chi connectivity index (χ3v) is 4.28. The fourth-order valence-corrected chi connectivity index (χ4v) is 2.96. The van der Waals surface area contributed by atoms with E-state index in [2.05, 4.69) is 38.1 Å². The predicted molar refractivity (Wildman–Crippen MR) is 66.8 cm³/mol. The Morgan fingerprint density at radius 3 is 2.60 bits per heavy atom. The molecule has 0 aromatic heterocycles. The van der Waals surface area contributed by atoms with Crippen molar-refractivity contribution in [3.8, 4) is 0 Å². The minimum absolute atomic E-state index is 0.304. The molecule has 0 bridgehead atoms. The first-order valence-electron chi connectivity index (χ1n) is 5.97. The smallest absolute Gasteiger partial charge is 0.0402 e. The number of alkyl halides is 1. The van der Waals surface area contributed by atoms with E-state index in [1.165, 1.54) is 24.0 Å². The zero-order valence-corrected chi connectivity index (χ0v) is 10.3. The lowest BCUT2D eigenvalue weighted by Crippen LogP contribution is -2.19. The molecular weight excluding hydrogens is 204 g/mol. The number of benzene rings is 1. The van der Waals surface area contributed by atoms with Crippen molar-refractivity contribution in [2.45, 2.75) is 50.3 Å². The van der Waals surface area contributed by atoms with Crippen molar-refractivity contribution >= 4 is 11.6 Å². The average Bonchev–Trinajstić information content (AvgIpc) is 2.29. The van der Waals surface area contributed by atoms with Crippen LogP contribution in [0.2, 0.25) is 0 Å². The molecule has 3 atom stereocenters. The molecule has 1 aromatic carbocycles. The Morgan fingerprint density at radius 1 is 1.27 bits per heavy atom. The highest BCUT2D eigenvalue weighted by atomic mass is 35.5. The third kappa shape index (κ3) is 2.06. The van der Waals surface area contributed by atoms with E-state index in [9.17, 15) is 0 Å². The fourth-order valence-electron chi connectivity index (χ4n) is 2.70. The number of hydrogen-bond donors (Lipinski definition) is 0. The maximum atomic E-state index is 6.42. The van der Waals surface area contributed by atoms with Gasteiger partial charge in [-0.1, -0.05) is 38.1 Å². The highest BCUT2D eigenvalue weighted by Crippen LogP contribution is 2.42. The molecule has 1 aliphatic carbocycles. The second-order valence-corrected chi connectivity index (χ2v) is 5.20. The largest absolute Gasteiger partial charge is 0.122 e. The van der Waals surface area contributed by atoms with Crippen LogP contribution in [0.15, 0.2) is 24.3 Å². The van der Waals surface area contributed by atoms with Gasteiger partial charge in [0.15, 0.2) is 0 Å². The summed E-state index contributed by atoms with van der Waals surface area (Å²) in [6.45, 7) is 4.50. The zero-order chi connectivity index (χ0) is 10.8. The van der Waals surface area contributed by atoms with Gasteiger partial charge in [0.05, 0.1) is 0 Å². The van der Waals surface area contributed by atoms with Gasteiger partial charge < -0.3 is 0 Å². The van der Waals surface area contributed by atoms with Crippen LogP contribution in [-0.2, 0) is 0 Å². The second kappa shape index (κ2) is 4.57. The molecule has 3 unspecified atom stereocenters. The molecule has 0 radical (unpaired) electrons. The first-order valence-corrected chi connectivity index (χ1v) is 6.40. The van der Waals surface area contributed by atoms with Crippen LogP contribution in [-0.4, -0.2) is 5.38 Å². The van der Waals surface area contributed by atoms with Crippen molar-refractivity contribution in [2.75, 3.05) is 0 Å². The molecule has 15 heavy (non-hydrogen) atoms. The van der Waals surface area contributed by atoms with Gasteiger partial charge in [-0.05, 0) is 36.3 Å². The van der Waals surface area contributed by atoms with Gasteiger partial charge in [-0.2, -0.15) is 0 Å². The van der Waals surface area contributed by atoms with Crippen molar-refractivity contribution in [1.82, 2.24) is 0 Å². The Morgan fingerprint density at radius 2 is 1.93 bits per heavy atom. The van der Waals surface area contributed by atoms with E-state index in [0.29, 0.717) is 17.2 Å². The zero-order valence-electron chi connectivity index (χ0n) is 9.54. The summed E-state index contributed by atoms with van der Waals surface area (Å²) in [5.41, 5.74) is 3.02. The Bertz CT molecular complexity index is 332. The predicted octanol–water partition coefficient (Wildman–Crippen LogP) is 4.68. The first kappa shape index (κ1) is 11.0. The van der Waals surface area contributed by atoms with Gasteiger partial charge in [-0.3, -0.25) is 0 Å². The molecule has 0 saturated carbocycles. The molecule has 0 aliphatic heterocycles. The minimum atomic E-state index is 0.304. The molecule has 1 heteroatoms. The maximum Gasteiger partial charge on any atom is 0.0402 e. The van der Waals surface area contributed by atoms with Crippen LogP contribution in [0.25, 0.3) is 0 Å². The van der Waals surface area contributed by atoms with Crippen molar-refractivity contribution < 1.29 is 0 Å². The summed E-state index contributed by atoms with van der Waals surface area (Å²) >= 11 is 6.42. The minimum Gasteiger partial charge on any atom is -0.122 e. The summed E-state index contributed by atoms with van der Waals surface area (Å²) in [6.07, 6.45) is 3.60. The normalized spacial score (nSPS) is 27.1. The molecule has 0 spiro atoms. The van der Waals surface area contributed by atoms with E-state index in [1.807, 2.05) is 0 Å². The molecule has 0 nitrogen and oxygen atoms in total. The highest BCUT2D eigenvalue weighted by Gasteiger charge is 2.28. The van der Waals surface area contributed by atoms with E-state index < -0.39 is 0 Å². The molecule has 0 N–H and O–H groups in total. The number of rotatable bonds is 2. The lowest BCUT2D eigenvalue weighted by atomic mass is 9.75. The summed E-state index contributed by atoms with van der Waals surface area (Å²) < 4.78 is 0. The third-order valence-electron chi connectivity index (χ3n) is 3.66. The van der Waals surface area contributed by atoms with Crippen molar-refractivity contribution in [1.29, 1.82) is 0 Å². The lowest BCUT2D eigenvalue weighted by molar-refractivity contribution is 0.480. The van der Waals surface area contributed by atoms with Crippen LogP contribution in [0, 0.1) is 0 Å². The Hall–Kier alpha value is -0.490. The average molecular weight is 223 g/mol. The van der Waals surface area contributed by atoms with Gasteiger partial charge in [0.1, 0.15) is 0 Å². The quantitative estimate of drug-likeness (QED) is 0.638. The van der Waals surface area contributed by atoms with Crippen LogP contribution >= 0.6 is 11.6 Å². The summed E-state index contributed by atoms with van der Waals surface area (Å²) in [5, 5.41) is 0.304. The van der Waals surface area contributed by atoms with E-state index in [1.54, 1.807) is 0 Å². The lowest BCUT2D eigenvalue weighted by Gasteiger charge is -2.32. The Balaban J connectivity index is 2.36. The van der Waals surface area contributed by atoms with Crippen molar-refractivity contribution in [3.63, 3.8) is 0 Å². The Kier molecular flexibility index (Phi) is 3.35. The van der Waals surface area contributed by atoms with Gasteiger partial charge in [0.2, 0.25) is 0 Å². The molecule has 1 aliphatic rings. The van der Waals surface area contributed by atoms with Gasteiger partial charge in [-0.25, -0.2) is 0 Å². The summed E-state index contributed by atoms with van der Waals surface area (Å²) in [4.78, 5) is 0. The van der Waals surface area contributed by atoms with Gasteiger partial charge in [0.25, 0.3) is 0 Å². The molecule has 82 valence electrons. The van der Waals surface area contributed by atoms with Crippen LogP contribution in [0.5, 0.6) is 0 Å². The van der Waals surface area contributed by atoms with Crippen molar-refractivity contribution in [3.05, 3.63) is 35.4 Å². The molecule has 0 saturated heterocycles. The molecule has 1 aromatic rings. The van der Waals surface area contributed by atoms with Crippen LogP contribution < -0.4 is 0 Å². The van der Waals surface area contributed by atoms with E-state index in [-0.39, 0.29) is 0 Å². The molecule has 0 fully saturated rings. The number of hydrogen-bond acceptors (Lipinski definition) is 0. The second-order valence-electron chi connectivity index (χ2n) is 4.64. The van der Waals surface area contributed by atoms with Gasteiger partial charge >= 0.3 is 0 Å². The van der Waals surface area contributed by atoms with Crippen molar-refractivity contribution in [2.24, 2.45) is 0 Å². The SMILES string of the molecule is CCC(Cl)C1CCC(C)c2ccccc21. The number of halogens is 1. The monoisotopic (exact) mass is 222 g/mol. The van der Waals surface area contributed by atoms with Crippen LogP contribution in [0.4, 0.5) is 0 Å². The first-order chi connectivity index (χ1) is 7.24. The number of fused-ring (bicyclic) bond motifs is 1. The van der Waals surface area contributed by atoms with Gasteiger partial charge in [0, 0.05) is 11.3 Å². The molecular formula is C14H19Cl. The topological polar surface area (TPSA) is 0 Å². The van der Waals surface area contributed by atoms with Crippen LogP contribution in [0.1, 0.15) is 56.1 Å². The highest BCUT2D eigenvalue weighted by molar-refractivity contribution is 6.21. The summed E-state index contributed by atoms with van der Waals surface area (Å²) in [7, 11) is 0. The molecule has 2 rings (SSSR count). The maximum absolute atomic E-state index is 6.42. The molecule has 0 heterocycles. The molecule has 0 amide bonds. The Labute approximate surface area is 97.6 Å². The van der Waals surface area contributed by atoms with E-state index >= 15 is 0 Å². The van der Waals surface area contributed by atoms with Crippen LogP contribution in [0.3, 0.4) is 0 Å².